The standard InChI is InChI=1S/C7H9BrN2O2S/c1-5-3-4-9-7(8)6(5)10-13(2,11)12/h3-4,10H,1-2H3. The second kappa shape index (κ2) is 3.63. The molecule has 0 unspecified atom stereocenters. The summed E-state index contributed by atoms with van der Waals surface area (Å²) in [6.07, 6.45) is 2.71. The molecule has 0 saturated carbocycles. The first-order chi connectivity index (χ1) is 5.90. The number of hydrogen-bond acceptors (Lipinski definition) is 3. The Balaban J connectivity index is 3.15. The molecule has 0 fully saturated rings. The van der Waals surface area contributed by atoms with Crippen molar-refractivity contribution in [1.29, 1.82) is 0 Å². The molecule has 13 heavy (non-hydrogen) atoms. The van der Waals surface area contributed by atoms with E-state index in [1.54, 1.807) is 19.2 Å². The van der Waals surface area contributed by atoms with Crippen LogP contribution in [0.5, 0.6) is 0 Å². The maximum absolute atomic E-state index is 10.9. The number of nitrogens with one attached hydrogen (secondary N) is 1. The monoisotopic (exact) mass is 264 g/mol. The van der Waals surface area contributed by atoms with Crippen LogP contribution in [0, 0.1) is 6.92 Å². The Bertz CT molecular complexity index is 396. The molecule has 0 aliphatic heterocycles. The largest absolute Gasteiger partial charge is 0.281 e. The van der Waals surface area contributed by atoms with E-state index in [1.165, 1.54) is 0 Å². The minimum atomic E-state index is -3.24. The number of hydrogen-bond donors (Lipinski definition) is 1. The lowest BCUT2D eigenvalue weighted by molar-refractivity contribution is 0.606. The van der Waals surface area contributed by atoms with Crippen molar-refractivity contribution in [3.05, 3.63) is 22.4 Å². The first kappa shape index (κ1) is 10.5. The van der Waals surface area contributed by atoms with Crippen molar-refractivity contribution >= 4 is 31.6 Å². The molecule has 0 amide bonds. The van der Waals surface area contributed by atoms with E-state index in [0.29, 0.717) is 10.3 Å². The van der Waals surface area contributed by atoms with Crippen LogP contribution in [0.4, 0.5) is 5.69 Å². The number of sulfonamides is 1. The molecule has 0 saturated heterocycles. The van der Waals surface area contributed by atoms with Gasteiger partial charge in [0, 0.05) is 6.20 Å². The smallest absolute Gasteiger partial charge is 0.229 e. The SMILES string of the molecule is Cc1ccnc(Br)c1NS(C)(=O)=O. The Kier molecular flexibility index (Phi) is 2.92. The van der Waals surface area contributed by atoms with Crippen molar-refractivity contribution in [3.63, 3.8) is 0 Å². The van der Waals surface area contributed by atoms with Crippen LogP contribution in [0.3, 0.4) is 0 Å². The molecule has 1 aromatic heterocycles. The van der Waals surface area contributed by atoms with Gasteiger partial charge in [-0.05, 0) is 34.5 Å². The van der Waals surface area contributed by atoms with Gasteiger partial charge in [-0.25, -0.2) is 13.4 Å². The quantitative estimate of drug-likeness (QED) is 0.825. The second-order valence-corrected chi connectivity index (χ2v) is 5.17. The van der Waals surface area contributed by atoms with Gasteiger partial charge in [-0.15, -0.1) is 0 Å². The topological polar surface area (TPSA) is 59.1 Å². The van der Waals surface area contributed by atoms with Crippen LogP contribution in [0.15, 0.2) is 16.9 Å². The molecule has 6 heteroatoms. The number of aryl methyl sites for hydroxylation is 1. The minimum absolute atomic E-state index is 0.491. The zero-order chi connectivity index (χ0) is 10.1. The summed E-state index contributed by atoms with van der Waals surface area (Å²) in [6.45, 7) is 1.81. The summed E-state index contributed by atoms with van der Waals surface area (Å²) in [5.74, 6) is 0. The number of aromatic nitrogens is 1. The van der Waals surface area contributed by atoms with Crippen molar-refractivity contribution in [2.24, 2.45) is 0 Å². The van der Waals surface area contributed by atoms with E-state index in [4.69, 9.17) is 0 Å². The fraction of sp³-hybridized carbons (Fsp3) is 0.286. The average molecular weight is 265 g/mol. The fourth-order valence-corrected chi connectivity index (χ4v) is 2.12. The maximum Gasteiger partial charge on any atom is 0.229 e. The van der Waals surface area contributed by atoms with Crippen molar-refractivity contribution in [1.82, 2.24) is 4.98 Å². The normalized spacial score (nSPS) is 11.3. The highest BCUT2D eigenvalue weighted by Crippen LogP contribution is 2.23. The van der Waals surface area contributed by atoms with E-state index in [2.05, 4.69) is 25.6 Å². The second-order valence-electron chi connectivity index (χ2n) is 2.67. The third-order valence-corrected chi connectivity index (χ3v) is 2.58. The summed E-state index contributed by atoms with van der Waals surface area (Å²) in [7, 11) is -3.24. The Labute approximate surface area is 85.6 Å². The van der Waals surface area contributed by atoms with Crippen molar-refractivity contribution < 1.29 is 8.42 Å². The predicted octanol–water partition coefficient (Wildman–Crippen LogP) is 1.52. The summed E-state index contributed by atoms with van der Waals surface area (Å²) in [5.41, 5.74) is 1.32. The van der Waals surface area contributed by atoms with Crippen LogP contribution < -0.4 is 4.72 Å². The molecule has 0 aliphatic carbocycles. The van der Waals surface area contributed by atoms with Crippen LogP contribution in [0.1, 0.15) is 5.56 Å². The summed E-state index contributed by atoms with van der Waals surface area (Å²) in [6, 6.07) is 1.73. The molecular formula is C7H9BrN2O2S. The Morgan fingerprint density at radius 3 is 2.62 bits per heavy atom. The lowest BCUT2D eigenvalue weighted by Crippen LogP contribution is -2.11. The van der Waals surface area contributed by atoms with Gasteiger partial charge >= 0.3 is 0 Å². The molecule has 0 radical (unpaired) electrons. The van der Waals surface area contributed by atoms with Crippen molar-refractivity contribution in [2.45, 2.75) is 6.92 Å². The third-order valence-electron chi connectivity index (χ3n) is 1.40. The molecule has 0 spiro atoms. The highest BCUT2D eigenvalue weighted by Gasteiger charge is 2.08. The molecule has 0 aliphatic rings. The van der Waals surface area contributed by atoms with Gasteiger partial charge in [-0.1, -0.05) is 0 Å². The minimum Gasteiger partial charge on any atom is -0.281 e. The van der Waals surface area contributed by atoms with Crippen LogP contribution >= 0.6 is 15.9 Å². The van der Waals surface area contributed by atoms with E-state index in [-0.39, 0.29) is 0 Å². The summed E-state index contributed by atoms with van der Waals surface area (Å²) in [4.78, 5) is 3.91. The van der Waals surface area contributed by atoms with Crippen molar-refractivity contribution in [2.75, 3.05) is 11.0 Å². The Morgan fingerprint density at radius 2 is 2.15 bits per heavy atom. The lowest BCUT2D eigenvalue weighted by Gasteiger charge is -2.07. The fourth-order valence-electron chi connectivity index (χ4n) is 0.833. The molecule has 72 valence electrons. The molecule has 0 aromatic carbocycles. The highest BCUT2D eigenvalue weighted by molar-refractivity contribution is 9.10. The predicted molar refractivity (Wildman–Crippen MR) is 55.1 cm³/mol. The van der Waals surface area contributed by atoms with E-state index in [0.717, 1.165) is 11.8 Å². The van der Waals surface area contributed by atoms with Gasteiger partial charge in [0.15, 0.2) is 0 Å². The molecule has 0 bridgehead atoms. The number of nitrogens with zero attached hydrogens (tertiary/aromatic N) is 1. The molecular weight excluding hydrogens is 256 g/mol. The van der Waals surface area contributed by atoms with Gasteiger partial charge in [0.05, 0.1) is 11.9 Å². The molecule has 1 aromatic rings. The van der Waals surface area contributed by atoms with Gasteiger partial charge in [0.25, 0.3) is 0 Å². The van der Waals surface area contributed by atoms with E-state index >= 15 is 0 Å². The zero-order valence-corrected chi connectivity index (χ0v) is 9.61. The van der Waals surface area contributed by atoms with Crippen LogP contribution in [-0.4, -0.2) is 19.7 Å². The summed E-state index contributed by atoms with van der Waals surface area (Å²) in [5, 5.41) is 0. The van der Waals surface area contributed by atoms with Gasteiger partial charge in [0.1, 0.15) is 4.60 Å². The molecule has 0 atom stereocenters. The Morgan fingerprint density at radius 1 is 1.54 bits per heavy atom. The molecule has 1 heterocycles. The van der Waals surface area contributed by atoms with Gasteiger partial charge in [0.2, 0.25) is 10.0 Å². The first-order valence-corrected chi connectivity index (χ1v) is 6.17. The Hall–Kier alpha value is -0.620. The lowest BCUT2D eigenvalue weighted by atomic mass is 10.3. The average Bonchev–Trinajstić information content (AvgIpc) is 1.95. The van der Waals surface area contributed by atoms with E-state index in [1.807, 2.05) is 0 Å². The van der Waals surface area contributed by atoms with Crippen LogP contribution in [0.2, 0.25) is 0 Å². The van der Waals surface area contributed by atoms with Gasteiger partial charge in [-0.3, -0.25) is 4.72 Å². The summed E-state index contributed by atoms with van der Waals surface area (Å²) >= 11 is 3.16. The van der Waals surface area contributed by atoms with Crippen LogP contribution in [-0.2, 0) is 10.0 Å². The zero-order valence-electron chi connectivity index (χ0n) is 7.20. The van der Waals surface area contributed by atoms with Gasteiger partial charge in [-0.2, -0.15) is 0 Å². The van der Waals surface area contributed by atoms with E-state index < -0.39 is 10.0 Å². The summed E-state index contributed by atoms with van der Waals surface area (Å²) < 4.78 is 24.8. The molecule has 4 nitrogen and oxygen atoms in total. The highest BCUT2D eigenvalue weighted by atomic mass is 79.9. The number of halogens is 1. The van der Waals surface area contributed by atoms with E-state index in [9.17, 15) is 8.42 Å². The van der Waals surface area contributed by atoms with Gasteiger partial charge < -0.3 is 0 Å². The van der Waals surface area contributed by atoms with Crippen molar-refractivity contribution in [3.8, 4) is 0 Å². The molecule has 1 N–H and O–H groups in total. The number of rotatable bonds is 2. The maximum atomic E-state index is 10.9. The number of anilines is 1. The third kappa shape index (κ3) is 2.96. The number of pyridine rings is 1. The molecule has 1 rings (SSSR count). The first-order valence-electron chi connectivity index (χ1n) is 3.49. The van der Waals surface area contributed by atoms with Crippen LogP contribution in [0.25, 0.3) is 0 Å².